The zero-order valence-electron chi connectivity index (χ0n) is 19.4. The molecule has 0 unspecified atom stereocenters. The minimum atomic E-state index is -0.101. The van der Waals surface area contributed by atoms with Crippen LogP contribution in [0.2, 0.25) is 0 Å². The highest BCUT2D eigenvalue weighted by atomic mass is 16.5. The van der Waals surface area contributed by atoms with Gasteiger partial charge in [-0.25, -0.2) is 4.79 Å². The normalized spacial score (nSPS) is 13.5. The average Bonchev–Trinajstić information content (AvgIpc) is 2.76. The van der Waals surface area contributed by atoms with Crippen LogP contribution in [0.15, 0.2) is 42.5 Å². The lowest BCUT2D eigenvalue weighted by atomic mass is 10.0. The van der Waals surface area contributed by atoms with E-state index in [1.165, 1.54) is 11.1 Å². The lowest BCUT2D eigenvalue weighted by Gasteiger charge is -2.30. The van der Waals surface area contributed by atoms with Crippen LogP contribution in [0.25, 0.3) is 0 Å². The highest BCUT2D eigenvalue weighted by Crippen LogP contribution is 2.30. The van der Waals surface area contributed by atoms with Gasteiger partial charge in [-0.1, -0.05) is 24.3 Å². The minimum absolute atomic E-state index is 0.101. The molecule has 0 aliphatic carbocycles. The van der Waals surface area contributed by atoms with Gasteiger partial charge in [-0.3, -0.25) is 4.90 Å². The number of ether oxygens (including phenoxy) is 2. The lowest BCUT2D eigenvalue weighted by molar-refractivity contribution is 0.140. The van der Waals surface area contributed by atoms with E-state index in [-0.39, 0.29) is 6.03 Å². The molecule has 1 heterocycles. The summed E-state index contributed by atoms with van der Waals surface area (Å²) < 4.78 is 11.5. The Bertz CT molecular complexity index is 874. The molecule has 2 aromatic carbocycles. The zero-order chi connectivity index (χ0) is 22.4. The first-order chi connectivity index (χ1) is 14.9. The monoisotopic (exact) mass is 425 g/mol. The van der Waals surface area contributed by atoms with E-state index in [2.05, 4.69) is 56.1 Å². The number of amides is 2. The maximum Gasteiger partial charge on any atom is 0.322 e. The van der Waals surface area contributed by atoms with Crippen LogP contribution in [-0.4, -0.2) is 54.7 Å². The maximum absolute atomic E-state index is 12.8. The van der Waals surface area contributed by atoms with Crippen molar-refractivity contribution in [1.82, 2.24) is 9.80 Å². The van der Waals surface area contributed by atoms with Crippen LogP contribution in [0.3, 0.4) is 0 Å². The predicted octanol–water partition coefficient (Wildman–Crippen LogP) is 4.78. The first-order valence-electron chi connectivity index (χ1n) is 11.1. The van der Waals surface area contributed by atoms with Gasteiger partial charge in [0.25, 0.3) is 0 Å². The summed E-state index contributed by atoms with van der Waals surface area (Å²) in [6.45, 7) is 11.5. The molecule has 1 aliphatic rings. The van der Waals surface area contributed by atoms with E-state index < -0.39 is 0 Å². The molecule has 0 spiro atoms. The van der Waals surface area contributed by atoms with Crippen LogP contribution >= 0.6 is 0 Å². The predicted molar refractivity (Wildman–Crippen MR) is 125 cm³/mol. The molecule has 2 amide bonds. The van der Waals surface area contributed by atoms with Gasteiger partial charge in [-0.15, -0.1) is 0 Å². The topological polar surface area (TPSA) is 54.0 Å². The highest BCUT2D eigenvalue weighted by molar-refractivity contribution is 5.90. The third-order valence-corrected chi connectivity index (χ3v) is 5.77. The molecule has 6 nitrogen and oxygen atoms in total. The molecule has 0 radical (unpaired) electrons. The molecule has 0 fully saturated rings. The second-order valence-corrected chi connectivity index (χ2v) is 8.51. The van der Waals surface area contributed by atoms with E-state index in [1.54, 1.807) is 7.11 Å². The van der Waals surface area contributed by atoms with Crippen LogP contribution in [-0.2, 0) is 13.0 Å². The van der Waals surface area contributed by atoms with Crippen molar-refractivity contribution in [2.24, 2.45) is 0 Å². The van der Waals surface area contributed by atoms with Crippen molar-refractivity contribution in [2.75, 3.05) is 32.1 Å². The van der Waals surface area contributed by atoms with Gasteiger partial charge in [0.2, 0.25) is 0 Å². The highest BCUT2D eigenvalue weighted by Gasteiger charge is 2.21. The second kappa shape index (κ2) is 10.5. The number of nitrogens with zero attached hydrogens (tertiary/aromatic N) is 2. The fourth-order valence-corrected chi connectivity index (χ4v) is 4.11. The number of urea groups is 1. The molecule has 168 valence electrons. The van der Waals surface area contributed by atoms with Crippen LogP contribution < -0.4 is 14.8 Å². The zero-order valence-corrected chi connectivity index (χ0v) is 19.4. The molecule has 0 aromatic heterocycles. The van der Waals surface area contributed by atoms with Crippen LogP contribution in [0.5, 0.6) is 11.5 Å². The SMILES string of the molecule is COc1ccc(NC(=O)N2CCc3ccccc3C2)cc1OCCN(C(C)C)C(C)C. The summed E-state index contributed by atoms with van der Waals surface area (Å²) in [6.07, 6.45) is 0.878. The summed E-state index contributed by atoms with van der Waals surface area (Å²) in [5, 5.41) is 3.01. The Labute approximate surface area is 186 Å². The third kappa shape index (κ3) is 5.91. The fraction of sp³-hybridized carbons (Fsp3) is 0.480. The number of carbonyl (C=O) groups is 1. The Balaban J connectivity index is 1.63. The number of anilines is 1. The van der Waals surface area contributed by atoms with Gasteiger partial charge in [-0.2, -0.15) is 0 Å². The minimum Gasteiger partial charge on any atom is -0.493 e. The number of fused-ring (bicyclic) bond motifs is 1. The number of methoxy groups -OCH3 is 1. The number of carbonyl (C=O) groups excluding carboxylic acids is 1. The van der Waals surface area contributed by atoms with Crippen molar-refractivity contribution in [2.45, 2.75) is 52.7 Å². The van der Waals surface area contributed by atoms with Crippen molar-refractivity contribution in [3.63, 3.8) is 0 Å². The summed E-state index contributed by atoms with van der Waals surface area (Å²) >= 11 is 0. The van der Waals surface area contributed by atoms with E-state index in [0.717, 1.165) is 13.0 Å². The molecule has 6 heteroatoms. The molecule has 1 N–H and O–H groups in total. The quantitative estimate of drug-likeness (QED) is 0.661. The Morgan fingerprint density at radius 1 is 1.06 bits per heavy atom. The average molecular weight is 426 g/mol. The lowest BCUT2D eigenvalue weighted by Crippen LogP contribution is -2.39. The first-order valence-corrected chi connectivity index (χ1v) is 11.1. The van der Waals surface area contributed by atoms with Crippen LogP contribution in [0.4, 0.5) is 10.5 Å². The molecular weight excluding hydrogens is 390 g/mol. The molecule has 3 rings (SSSR count). The van der Waals surface area contributed by atoms with Gasteiger partial charge in [0.15, 0.2) is 11.5 Å². The molecule has 31 heavy (non-hydrogen) atoms. The van der Waals surface area contributed by atoms with Gasteiger partial charge in [0, 0.05) is 43.5 Å². The molecule has 0 bridgehead atoms. The van der Waals surface area contributed by atoms with Gasteiger partial charge in [-0.05, 0) is 57.4 Å². The number of benzene rings is 2. The van der Waals surface area contributed by atoms with E-state index in [1.807, 2.05) is 29.2 Å². The van der Waals surface area contributed by atoms with E-state index in [9.17, 15) is 4.79 Å². The number of rotatable bonds is 8. The Morgan fingerprint density at radius 2 is 1.77 bits per heavy atom. The first kappa shape index (κ1) is 22.9. The molecule has 1 aliphatic heterocycles. The fourth-order valence-electron chi connectivity index (χ4n) is 4.11. The van der Waals surface area contributed by atoms with Crippen molar-refractivity contribution in [1.29, 1.82) is 0 Å². The molecule has 2 aromatic rings. The number of hydrogen-bond donors (Lipinski definition) is 1. The van der Waals surface area contributed by atoms with E-state index in [0.29, 0.717) is 49.0 Å². The number of hydrogen-bond acceptors (Lipinski definition) is 4. The van der Waals surface area contributed by atoms with Crippen molar-refractivity contribution in [3.8, 4) is 11.5 Å². The summed E-state index contributed by atoms with van der Waals surface area (Å²) in [5.74, 6) is 1.29. The van der Waals surface area contributed by atoms with Gasteiger partial charge >= 0.3 is 6.03 Å². The summed E-state index contributed by atoms with van der Waals surface area (Å²) in [7, 11) is 1.63. The smallest absolute Gasteiger partial charge is 0.322 e. The van der Waals surface area contributed by atoms with Crippen molar-refractivity contribution in [3.05, 3.63) is 53.6 Å². The van der Waals surface area contributed by atoms with Gasteiger partial charge in [0.1, 0.15) is 6.61 Å². The summed E-state index contributed by atoms with van der Waals surface area (Å²) in [5.41, 5.74) is 3.23. The second-order valence-electron chi connectivity index (χ2n) is 8.51. The largest absolute Gasteiger partial charge is 0.493 e. The van der Waals surface area contributed by atoms with Gasteiger partial charge < -0.3 is 19.7 Å². The van der Waals surface area contributed by atoms with Crippen molar-refractivity contribution < 1.29 is 14.3 Å². The van der Waals surface area contributed by atoms with Crippen LogP contribution in [0, 0.1) is 0 Å². The number of nitrogens with one attached hydrogen (secondary N) is 1. The van der Waals surface area contributed by atoms with E-state index >= 15 is 0 Å². The maximum atomic E-state index is 12.8. The molecule has 0 atom stereocenters. The Kier molecular flexibility index (Phi) is 7.80. The summed E-state index contributed by atoms with van der Waals surface area (Å²) in [4.78, 5) is 17.1. The Hall–Kier alpha value is -2.73. The summed E-state index contributed by atoms with van der Waals surface area (Å²) in [6, 6.07) is 14.6. The molecular formula is C25H35N3O3. The van der Waals surface area contributed by atoms with Gasteiger partial charge in [0.05, 0.1) is 7.11 Å². The van der Waals surface area contributed by atoms with Crippen molar-refractivity contribution >= 4 is 11.7 Å². The molecule has 0 saturated heterocycles. The Morgan fingerprint density at radius 3 is 2.45 bits per heavy atom. The van der Waals surface area contributed by atoms with Crippen LogP contribution in [0.1, 0.15) is 38.8 Å². The molecule has 0 saturated carbocycles. The van der Waals surface area contributed by atoms with E-state index in [4.69, 9.17) is 9.47 Å². The third-order valence-electron chi connectivity index (χ3n) is 5.77. The standard InChI is InChI=1S/C25H35N3O3/c1-18(2)28(19(3)4)14-15-31-24-16-22(10-11-23(24)30-5)26-25(29)27-13-12-20-8-6-7-9-21(20)17-27/h6-11,16,18-19H,12-15,17H2,1-5H3,(H,26,29).